The van der Waals surface area contributed by atoms with Gasteiger partial charge in [-0.05, 0) is 42.8 Å². The molecule has 0 spiro atoms. The molecule has 14 heteroatoms. The van der Waals surface area contributed by atoms with Gasteiger partial charge in [0, 0.05) is 29.0 Å². The van der Waals surface area contributed by atoms with Crippen molar-refractivity contribution >= 4 is 22.7 Å². The number of nitrogens with zero attached hydrogens (tertiary/aromatic N) is 2. The molecule has 0 amide bonds. The van der Waals surface area contributed by atoms with Crippen LogP contribution in [0.5, 0.6) is 40.2 Å². The van der Waals surface area contributed by atoms with Crippen molar-refractivity contribution in [1.82, 2.24) is 9.97 Å². The monoisotopic (exact) mass is 687 g/mol. The van der Waals surface area contributed by atoms with Gasteiger partial charge in [-0.15, -0.1) is 0 Å². The summed E-state index contributed by atoms with van der Waals surface area (Å²) in [7, 11) is 8.95. The molecule has 0 atom stereocenters. The Kier molecular flexibility index (Phi) is 10.8. The fraction of sp³-hybridized carbons (Fsp3) is 0.257. The quantitative estimate of drug-likeness (QED) is 0.0860. The third-order valence-corrected chi connectivity index (χ3v) is 8.38. The Hall–Kier alpha value is -5.81. The van der Waals surface area contributed by atoms with E-state index in [1.54, 1.807) is 55.6 Å². The average Bonchev–Trinajstić information content (AvgIpc) is 3.13. The fourth-order valence-electron chi connectivity index (χ4n) is 5.04. The molecule has 2 heterocycles. The number of H-pyrrole nitrogens is 1. The highest BCUT2D eigenvalue weighted by atomic mass is 32.2. The van der Waals surface area contributed by atoms with Gasteiger partial charge < -0.3 is 42.6 Å². The summed E-state index contributed by atoms with van der Waals surface area (Å²) in [6.45, 7) is 0.102. The highest BCUT2D eigenvalue weighted by Crippen LogP contribution is 2.44. The molecule has 2 aromatic heterocycles. The molecule has 1 N–H and O–H groups in total. The van der Waals surface area contributed by atoms with E-state index in [2.05, 4.69) is 9.97 Å². The van der Waals surface area contributed by atoms with Gasteiger partial charge in [0.15, 0.2) is 22.4 Å². The first-order valence-electron chi connectivity index (χ1n) is 14.8. The van der Waals surface area contributed by atoms with Crippen LogP contribution in [0.4, 0.5) is 0 Å². The second-order valence-corrected chi connectivity index (χ2v) is 11.3. The molecule has 3 aromatic carbocycles. The zero-order valence-electron chi connectivity index (χ0n) is 27.6. The number of aromatic nitrogens is 2. The van der Waals surface area contributed by atoms with Crippen LogP contribution in [0.15, 0.2) is 67.7 Å². The Morgan fingerprint density at radius 2 is 1.47 bits per heavy atom. The smallest absolute Gasteiger partial charge is 0.270 e. The van der Waals surface area contributed by atoms with Crippen LogP contribution >= 0.6 is 11.8 Å². The summed E-state index contributed by atoms with van der Waals surface area (Å²) < 4.78 is 45.1. The zero-order chi connectivity index (χ0) is 35.1. The predicted molar refractivity (Wildman–Crippen MR) is 183 cm³/mol. The van der Waals surface area contributed by atoms with Crippen LogP contribution < -0.4 is 44.1 Å². The molecule has 0 radical (unpaired) electrons. The van der Waals surface area contributed by atoms with Gasteiger partial charge in [-0.3, -0.25) is 9.59 Å². The third kappa shape index (κ3) is 7.07. The minimum atomic E-state index is -0.545. The number of methoxy groups -OCH3 is 6. The van der Waals surface area contributed by atoms with E-state index in [-0.39, 0.29) is 46.1 Å². The molecule has 49 heavy (non-hydrogen) atoms. The van der Waals surface area contributed by atoms with Crippen molar-refractivity contribution in [2.75, 3.05) is 55.0 Å². The second-order valence-electron chi connectivity index (χ2n) is 10.2. The lowest BCUT2D eigenvalue weighted by Crippen LogP contribution is -2.15. The first-order valence-corrected chi connectivity index (χ1v) is 15.8. The van der Waals surface area contributed by atoms with Crippen LogP contribution in [0.1, 0.15) is 12.0 Å². The topological polar surface area (TPSA) is 164 Å². The molecule has 254 valence electrons. The summed E-state index contributed by atoms with van der Waals surface area (Å²) >= 11 is 1.27. The maximum absolute atomic E-state index is 14.0. The highest BCUT2D eigenvalue weighted by molar-refractivity contribution is 7.99. The van der Waals surface area contributed by atoms with Gasteiger partial charge in [-0.1, -0.05) is 11.8 Å². The molecule has 0 saturated carbocycles. The van der Waals surface area contributed by atoms with E-state index >= 15 is 0 Å². The number of fused-ring (bicyclic) bond motifs is 1. The number of nitriles is 1. The standard InChI is InChI=1S/C35H33N3O10S/c1-41-21-10-8-19(9-11-21)29-23(18-36)34(40)38-35(37-29)49-13-7-12-47-33-30(39)28-24(43-3)16-22(42-2)17-25(28)48-31(33)20-14-26(44-4)32(46-6)27(15-20)45-5/h8-11,14-17H,7,12-13H2,1-6H3,(H,37,38,40). The van der Waals surface area contributed by atoms with Gasteiger partial charge in [-0.2, -0.15) is 5.26 Å². The van der Waals surface area contributed by atoms with E-state index in [4.69, 9.17) is 37.6 Å². The third-order valence-electron chi connectivity index (χ3n) is 7.42. The molecule has 0 unspecified atom stereocenters. The maximum atomic E-state index is 14.0. The van der Waals surface area contributed by atoms with Gasteiger partial charge >= 0.3 is 0 Å². The lowest BCUT2D eigenvalue weighted by atomic mass is 10.1. The molecule has 0 fully saturated rings. The van der Waals surface area contributed by atoms with Crippen LogP contribution in [-0.2, 0) is 0 Å². The number of hydrogen-bond donors (Lipinski definition) is 1. The van der Waals surface area contributed by atoms with Gasteiger partial charge in [0.2, 0.25) is 16.9 Å². The van der Waals surface area contributed by atoms with Gasteiger partial charge in [0.25, 0.3) is 5.56 Å². The molecule has 0 bridgehead atoms. The van der Waals surface area contributed by atoms with E-state index in [9.17, 15) is 14.9 Å². The number of rotatable bonds is 14. The first-order chi connectivity index (χ1) is 23.8. The molecular formula is C35H33N3O10S. The van der Waals surface area contributed by atoms with Crippen LogP contribution in [0, 0.1) is 11.3 Å². The number of aromatic amines is 1. The van der Waals surface area contributed by atoms with Crippen molar-refractivity contribution in [3.63, 3.8) is 0 Å². The minimum Gasteiger partial charge on any atom is -0.497 e. The number of nitrogens with one attached hydrogen (secondary N) is 1. The van der Waals surface area contributed by atoms with Crippen LogP contribution in [-0.4, -0.2) is 65.0 Å². The van der Waals surface area contributed by atoms with Crippen molar-refractivity contribution in [1.29, 1.82) is 5.26 Å². The number of ether oxygens (including phenoxy) is 7. The normalized spacial score (nSPS) is 10.7. The number of benzene rings is 3. The summed E-state index contributed by atoms with van der Waals surface area (Å²) in [4.78, 5) is 34.0. The summed E-state index contributed by atoms with van der Waals surface area (Å²) in [5.41, 5.74) is 0.427. The highest BCUT2D eigenvalue weighted by Gasteiger charge is 2.24. The van der Waals surface area contributed by atoms with Gasteiger partial charge in [0.05, 0.1) is 55.0 Å². The SMILES string of the molecule is COc1ccc(-c2nc(SCCCOc3c(-c4cc(OC)c(OC)c(OC)c4)oc4cc(OC)cc(OC)c4c3=O)[nH]c(=O)c2C#N)cc1. The number of hydrogen-bond acceptors (Lipinski definition) is 13. The molecule has 13 nitrogen and oxygen atoms in total. The van der Waals surface area contributed by atoms with E-state index in [0.29, 0.717) is 57.2 Å². The summed E-state index contributed by atoms with van der Waals surface area (Å²) in [5.74, 6) is 2.91. The summed E-state index contributed by atoms with van der Waals surface area (Å²) in [6, 6.07) is 15.3. The fourth-order valence-corrected chi connectivity index (χ4v) is 5.82. The van der Waals surface area contributed by atoms with Crippen molar-refractivity contribution in [2.24, 2.45) is 0 Å². The van der Waals surface area contributed by atoms with E-state index < -0.39 is 11.0 Å². The van der Waals surface area contributed by atoms with E-state index in [1.807, 2.05) is 6.07 Å². The number of thioether (sulfide) groups is 1. The lowest BCUT2D eigenvalue weighted by Gasteiger charge is -2.17. The van der Waals surface area contributed by atoms with Crippen molar-refractivity contribution in [3.05, 3.63) is 74.7 Å². The van der Waals surface area contributed by atoms with Gasteiger partial charge in [0.1, 0.15) is 39.9 Å². The van der Waals surface area contributed by atoms with Crippen LogP contribution in [0.2, 0.25) is 0 Å². The van der Waals surface area contributed by atoms with Gasteiger partial charge in [-0.25, -0.2) is 4.98 Å². The minimum absolute atomic E-state index is 0.0538. The predicted octanol–water partition coefficient (Wildman–Crippen LogP) is 5.69. The molecule has 5 aromatic rings. The Labute approximate surface area is 285 Å². The Morgan fingerprint density at radius 1 is 0.796 bits per heavy atom. The summed E-state index contributed by atoms with van der Waals surface area (Å²) in [6.07, 6.45) is 0.443. The molecular weight excluding hydrogens is 654 g/mol. The molecule has 0 aliphatic carbocycles. The van der Waals surface area contributed by atoms with E-state index in [1.165, 1.54) is 47.3 Å². The molecule has 5 rings (SSSR count). The second kappa shape index (κ2) is 15.4. The van der Waals surface area contributed by atoms with Crippen molar-refractivity contribution < 1.29 is 37.6 Å². The lowest BCUT2D eigenvalue weighted by molar-refractivity contribution is 0.309. The van der Waals surface area contributed by atoms with Crippen molar-refractivity contribution in [3.8, 4) is 68.9 Å². The summed E-state index contributed by atoms with van der Waals surface area (Å²) in [5, 5.41) is 10.1. The molecule has 0 aliphatic heterocycles. The van der Waals surface area contributed by atoms with Crippen molar-refractivity contribution in [2.45, 2.75) is 11.6 Å². The zero-order valence-corrected chi connectivity index (χ0v) is 28.4. The Bertz CT molecular complexity index is 2110. The Morgan fingerprint density at radius 3 is 2.06 bits per heavy atom. The van der Waals surface area contributed by atoms with Crippen LogP contribution in [0.25, 0.3) is 33.6 Å². The van der Waals surface area contributed by atoms with E-state index in [0.717, 1.165) is 0 Å². The molecule has 0 aliphatic rings. The Balaban J connectivity index is 1.45. The largest absolute Gasteiger partial charge is 0.497 e. The molecule has 0 saturated heterocycles. The first kappa shape index (κ1) is 34.5. The maximum Gasteiger partial charge on any atom is 0.270 e. The average molecular weight is 688 g/mol. The van der Waals surface area contributed by atoms with Crippen LogP contribution in [0.3, 0.4) is 0 Å².